The molecule has 0 amide bonds. The van der Waals surface area contributed by atoms with Crippen LogP contribution in [0.3, 0.4) is 0 Å². The Labute approximate surface area is 186 Å². The molecule has 8 atom stereocenters. The molecule has 180 valence electrons. The topological polar surface area (TPSA) is 81.6 Å². The van der Waals surface area contributed by atoms with E-state index >= 15 is 0 Å². The van der Waals surface area contributed by atoms with Gasteiger partial charge in [-0.25, -0.2) is 4.21 Å². The smallest absolute Gasteiger partial charge is 0.0889 e. The molecule has 0 aliphatic carbocycles. The molecule has 0 spiro atoms. The third kappa shape index (κ3) is 4.16. The van der Waals surface area contributed by atoms with Crippen molar-refractivity contribution in [1.82, 2.24) is 10.6 Å². The van der Waals surface area contributed by atoms with Crippen molar-refractivity contribution >= 4 is 9.63 Å². The van der Waals surface area contributed by atoms with Gasteiger partial charge in [-0.1, -0.05) is 41.5 Å². The summed E-state index contributed by atoms with van der Waals surface area (Å²) in [5.41, 5.74) is -1.12. The van der Waals surface area contributed by atoms with Crippen molar-refractivity contribution in [3.8, 4) is 0 Å². The van der Waals surface area contributed by atoms with E-state index in [1.165, 1.54) is 0 Å². The number of hydrogen-bond acceptors (Lipinski definition) is 3. The van der Waals surface area contributed by atoms with Gasteiger partial charge in [0.05, 0.1) is 20.1 Å². The molecule has 2 fully saturated rings. The molecule has 6 heteroatoms. The highest BCUT2D eigenvalue weighted by molar-refractivity contribution is 8.11. The maximum Gasteiger partial charge on any atom is 0.0889 e. The predicted molar refractivity (Wildman–Crippen MR) is 130 cm³/mol. The van der Waals surface area contributed by atoms with Gasteiger partial charge in [0.15, 0.2) is 0 Å². The molecule has 0 saturated carbocycles. The summed E-state index contributed by atoms with van der Waals surface area (Å²) in [6.45, 7) is 21.2. The number of nitrogens with one attached hydrogen (secondary N) is 2. The molecule has 2 aliphatic rings. The van der Waals surface area contributed by atoms with Crippen molar-refractivity contribution < 1.29 is 13.3 Å². The maximum absolute atomic E-state index is 14.6. The number of rotatable bonds is 6. The first-order chi connectivity index (χ1) is 13.4. The minimum absolute atomic E-state index is 0.112. The molecule has 2 aliphatic heterocycles. The van der Waals surface area contributed by atoms with E-state index in [0.717, 1.165) is 25.7 Å². The van der Waals surface area contributed by atoms with Crippen LogP contribution in [0.5, 0.6) is 0 Å². The van der Waals surface area contributed by atoms with Crippen LogP contribution in [0.15, 0.2) is 0 Å². The third-order valence-corrected chi connectivity index (χ3v) is 13.2. The van der Waals surface area contributed by atoms with Crippen LogP contribution in [0.1, 0.15) is 108 Å². The molecule has 2 rings (SSSR count). The average Bonchev–Trinajstić information content (AvgIpc) is 2.67. The van der Waals surface area contributed by atoms with E-state index in [1.807, 2.05) is 0 Å². The van der Waals surface area contributed by atoms with Crippen LogP contribution in [0, 0.1) is 11.8 Å². The Morgan fingerprint density at radius 1 is 0.733 bits per heavy atom. The standard InChI is InChI=1S/C24H50N2O3S/c1-11-21(7)15-19(17(5)23(9,13-3)25-21)30(27,28,29)20-16-22(8,12-2)26-24(10,14-4)18(20)6/h17-20,25-26H,11-16H2,1-10H3,(H2,27,28,29). The maximum atomic E-state index is 14.6. The van der Waals surface area contributed by atoms with E-state index in [2.05, 4.69) is 79.9 Å². The minimum Gasteiger partial charge on any atom is -0.307 e. The first kappa shape index (κ1) is 26.2. The van der Waals surface area contributed by atoms with Crippen LogP contribution >= 0.6 is 0 Å². The van der Waals surface area contributed by atoms with Crippen molar-refractivity contribution in [1.29, 1.82) is 0 Å². The molecule has 2 heterocycles. The first-order valence-corrected chi connectivity index (χ1v) is 14.2. The molecule has 30 heavy (non-hydrogen) atoms. The fourth-order valence-electron chi connectivity index (χ4n) is 6.36. The van der Waals surface area contributed by atoms with Gasteiger partial charge in [-0.15, -0.1) is 0 Å². The first-order valence-electron chi connectivity index (χ1n) is 12.2. The Morgan fingerprint density at radius 3 is 1.27 bits per heavy atom. The van der Waals surface area contributed by atoms with Gasteiger partial charge < -0.3 is 19.7 Å². The molecule has 2 saturated heterocycles. The SMILES string of the molecule is CCC1(C)CC(S(=O)(O)(O)C2CC(C)(CC)NC(C)(CC)C2C)C(C)C(C)(CC)N1. The van der Waals surface area contributed by atoms with Gasteiger partial charge >= 0.3 is 0 Å². The molecule has 0 aromatic carbocycles. The largest absolute Gasteiger partial charge is 0.307 e. The normalized spacial score (nSPS) is 49.4. The summed E-state index contributed by atoms with van der Waals surface area (Å²) in [6.07, 6.45) is 4.45. The van der Waals surface area contributed by atoms with Crippen LogP contribution in [-0.4, -0.2) is 46.0 Å². The quantitative estimate of drug-likeness (QED) is 0.438. The number of hydrogen-bond donors (Lipinski definition) is 4. The van der Waals surface area contributed by atoms with Gasteiger partial charge in [0.1, 0.15) is 0 Å². The zero-order chi connectivity index (χ0) is 23.4. The summed E-state index contributed by atoms with van der Waals surface area (Å²) in [6, 6.07) is 0. The average molecular weight is 447 g/mol. The molecule has 0 radical (unpaired) electrons. The van der Waals surface area contributed by atoms with Gasteiger partial charge in [0.2, 0.25) is 0 Å². The van der Waals surface area contributed by atoms with E-state index in [9.17, 15) is 13.3 Å². The van der Waals surface area contributed by atoms with Crippen molar-refractivity contribution in [2.24, 2.45) is 11.8 Å². The second-order valence-electron chi connectivity index (χ2n) is 11.7. The lowest BCUT2D eigenvalue weighted by atomic mass is 9.71. The van der Waals surface area contributed by atoms with Crippen LogP contribution in [-0.2, 0) is 9.63 Å². The molecule has 0 aromatic heterocycles. The minimum atomic E-state index is -4.97. The lowest BCUT2D eigenvalue weighted by Gasteiger charge is -2.63. The van der Waals surface area contributed by atoms with E-state index in [0.29, 0.717) is 12.8 Å². The zero-order valence-electron chi connectivity index (χ0n) is 21.3. The highest BCUT2D eigenvalue weighted by atomic mass is 32.3. The molecule has 8 unspecified atom stereocenters. The summed E-state index contributed by atoms with van der Waals surface area (Å²) < 4.78 is 38.5. The third-order valence-electron chi connectivity index (χ3n) is 9.77. The Hall–Kier alpha value is -0.0100. The second-order valence-corrected chi connectivity index (χ2v) is 14.8. The van der Waals surface area contributed by atoms with Crippen LogP contribution < -0.4 is 10.6 Å². The zero-order valence-corrected chi connectivity index (χ0v) is 22.1. The molecule has 4 N–H and O–H groups in total. The summed E-state index contributed by atoms with van der Waals surface area (Å²) in [5.74, 6) is -0.223. The van der Waals surface area contributed by atoms with E-state index in [4.69, 9.17) is 0 Å². The van der Waals surface area contributed by atoms with Gasteiger partial charge in [0, 0.05) is 22.2 Å². The lowest BCUT2D eigenvalue weighted by Crippen LogP contribution is -2.75. The van der Waals surface area contributed by atoms with Crippen molar-refractivity contribution in [3.05, 3.63) is 0 Å². The molecule has 0 bridgehead atoms. The van der Waals surface area contributed by atoms with Crippen LogP contribution in [0.4, 0.5) is 0 Å². The van der Waals surface area contributed by atoms with Crippen molar-refractivity contribution in [2.45, 2.75) is 140 Å². The van der Waals surface area contributed by atoms with Crippen molar-refractivity contribution in [2.75, 3.05) is 0 Å². The summed E-state index contributed by atoms with van der Waals surface area (Å²) >= 11 is 0. The Balaban J connectivity index is 2.63. The highest BCUT2D eigenvalue weighted by Gasteiger charge is 2.63. The van der Waals surface area contributed by atoms with Gasteiger partial charge in [-0.05, 0) is 78.1 Å². The number of piperidine rings is 2. The molecule has 5 nitrogen and oxygen atoms in total. The van der Waals surface area contributed by atoms with Crippen LogP contribution in [0.2, 0.25) is 0 Å². The monoisotopic (exact) mass is 446 g/mol. The Morgan fingerprint density at radius 2 is 1.03 bits per heavy atom. The second kappa shape index (κ2) is 7.79. The van der Waals surface area contributed by atoms with Gasteiger partial charge in [-0.2, -0.15) is 0 Å². The predicted octanol–water partition coefficient (Wildman–Crippen LogP) is 5.42. The van der Waals surface area contributed by atoms with Crippen molar-refractivity contribution in [3.63, 3.8) is 0 Å². The van der Waals surface area contributed by atoms with E-state index in [-0.39, 0.29) is 34.0 Å². The molecular formula is C24H50N2O3S. The van der Waals surface area contributed by atoms with Gasteiger partial charge in [0.25, 0.3) is 0 Å². The van der Waals surface area contributed by atoms with E-state index in [1.54, 1.807) is 0 Å². The summed E-state index contributed by atoms with van der Waals surface area (Å²) in [4.78, 5) is 0. The van der Waals surface area contributed by atoms with E-state index < -0.39 is 20.1 Å². The summed E-state index contributed by atoms with van der Waals surface area (Å²) in [7, 11) is -4.97. The highest BCUT2D eigenvalue weighted by Crippen LogP contribution is 2.53. The van der Waals surface area contributed by atoms with Gasteiger partial charge in [-0.3, -0.25) is 0 Å². The molecular weight excluding hydrogens is 396 g/mol. The Bertz CT molecular complexity index is 657. The van der Waals surface area contributed by atoms with Crippen LogP contribution in [0.25, 0.3) is 0 Å². The fourth-order valence-corrected chi connectivity index (χ4v) is 10.3. The lowest BCUT2D eigenvalue weighted by molar-refractivity contribution is 0.0683. The summed E-state index contributed by atoms with van der Waals surface area (Å²) in [5, 5.41) is 6.28. The fraction of sp³-hybridized carbons (Fsp3) is 1.00. The molecule has 0 aromatic rings. The Kier molecular flexibility index (Phi) is 6.82.